The lowest BCUT2D eigenvalue weighted by Crippen LogP contribution is -2.23. The minimum Gasteiger partial charge on any atom is -0.481 e. The molecule has 108 valence electrons. The molecule has 1 atom stereocenters. The summed E-state index contributed by atoms with van der Waals surface area (Å²) >= 11 is 0. The number of hydrogen-bond donors (Lipinski definition) is 1. The van der Waals surface area contributed by atoms with Crippen LogP contribution in [0.5, 0.6) is 5.88 Å². The first-order valence-corrected chi connectivity index (χ1v) is 8.22. The van der Waals surface area contributed by atoms with E-state index in [1.165, 1.54) is 0 Å². The van der Waals surface area contributed by atoms with Gasteiger partial charge in [-0.1, -0.05) is 0 Å². The minimum absolute atomic E-state index is 0.230. The van der Waals surface area contributed by atoms with E-state index in [1.807, 2.05) is 14.0 Å². The zero-order valence-corrected chi connectivity index (χ0v) is 12.5. The van der Waals surface area contributed by atoms with Crippen molar-refractivity contribution >= 4 is 9.84 Å². The fourth-order valence-corrected chi connectivity index (χ4v) is 4.44. The predicted molar refractivity (Wildman–Crippen MR) is 73.0 cm³/mol. The predicted octanol–water partition coefficient (Wildman–Crippen LogP) is 0.261. The maximum Gasteiger partial charge on any atom is 0.216 e. The molecular weight excluding hydrogens is 266 g/mol. The Morgan fingerprint density at radius 2 is 2.26 bits per heavy atom. The van der Waals surface area contributed by atoms with Crippen molar-refractivity contribution < 1.29 is 13.2 Å². The zero-order chi connectivity index (χ0) is 14.0. The fourth-order valence-electron chi connectivity index (χ4n) is 2.57. The third-order valence-electron chi connectivity index (χ3n) is 3.54. The summed E-state index contributed by atoms with van der Waals surface area (Å²) in [5.41, 5.74) is 1.97. The van der Waals surface area contributed by atoms with Crippen LogP contribution in [0.3, 0.4) is 0 Å². The highest BCUT2D eigenvalue weighted by Crippen LogP contribution is 2.21. The van der Waals surface area contributed by atoms with Crippen molar-refractivity contribution in [3.63, 3.8) is 0 Å². The summed E-state index contributed by atoms with van der Waals surface area (Å²) in [6.45, 7) is 3.32. The van der Waals surface area contributed by atoms with E-state index in [1.54, 1.807) is 11.8 Å². The molecule has 0 bridgehead atoms. The SMILES string of the molecule is COc1c(CNC[C@@H]2CCS(=O)(=O)C2)c(C)nn1C. The highest BCUT2D eigenvalue weighted by molar-refractivity contribution is 7.91. The maximum absolute atomic E-state index is 11.4. The van der Waals surface area contributed by atoms with Crippen molar-refractivity contribution in [2.45, 2.75) is 19.9 Å². The van der Waals surface area contributed by atoms with Crippen molar-refractivity contribution in [3.05, 3.63) is 11.3 Å². The van der Waals surface area contributed by atoms with E-state index in [2.05, 4.69) is 10.4 Å². The maximum atomic E-state index is 11.4. The van der Waals surface area contributed by atoms with Crippen molar-refractivity contribution in [1.82, 2.24) is 15.1 Å². The van der Waals surface area contributed by atoms with Gasteiger partial charge in [-0.3, -0.25) is 0 Å². The summed E-state index contributed by atoms with van der Waals surface area (Å²) in [6, 6.07) is 0. The third kappa shape index (κ3) is 3.27. The van der Waals surface area contributed by atoms with Gasteiger partial charge in [-0.2, -0.15) is 5.10 Å². The van der Waals surface area contributed by atoms with E-state index in [4.69, 9.17) is 4.74 Å². The third-order valence-corrected chi connectivity index (χ3v) is 5.38. The van der Waals surface area contributed by atoms with Gasteiger partial charge in [0.1, 0.15) is 0 Å². The van der Waals surface area contributed by atoms with Crippen molar-refractivity contribution in [2.75, 3.05) is 25.2 Å². The molecule has 0 saturated carbocycles. The van der Waals surface area contributed by atoms with Gasteiger partial charge in [0.2, 0.25) is 5.88 Å². The number of sulfone groups is 1. The summed E-state index contributed by atoms with van der Waals surface area (Å²) < 4.78 is 29.8. The minimum atomic E-state index is -2.79. The molecule has 0 aromatic carbocycles. The Balaban J connectivity index is 1.90. The Bertz CT molecular complexity index is 551. The summed E-state index contributed by atoms with van der Waals surface area (Å²) in [5, 5.41) is 7.62. The Hall–Kier alpha value is -1.08. The molecule has 2 heterocycles. The molecule has 6 nitrogen and oxygen atoms in total. The Morgan fingerprint density at radius 3 is 2.84 bits per heavy atom. The van der Waals surface area contributed by atoms with Crippen molar-refractivity contribution in [2.24, 2.45) is 13.0 Å². The molecule has 19 heavy (non-hydrogen) atoms. The molecule has 7 heteroatoms. The van der Waals surface area contributed by atoms with Crippen LogP contribution in [0.1, 0.15) is 17.7 Å². The first-order valence-electron chi connectivity index (χ1n) is 6.40. The molecule has 2 rings (SSSR count). The number of hydrogen-bond acceptors (Lipinski definition) is 5. The van der Waals surface area contributed by atoms with Crippen LogP contribution in [-0.4, -0.2) is 43.4 Å². The van der Waals surface area contributed by atoms with Gasteiger partial charge in [0.25, 0.3) is 0 Å². The monoisotopic (exact) mass is 287 g/mol. The van der Waals surface area contributed by atoms with Gasteiger partial charge in [0, 0.05) is 13.6 Å². The molecule has 1 aromatic heterocycles. The van der Waals surface area contributed by atoms with Crippen LogP contribution >= 0.6 is 0 Å². The van der Waals surface area contributed by atoms with Gasteiger partial charge in [-0.15, -0.1) is 0 Å². The number of nitrogens with zero attached hydrogens (tertiary/aromatic N) is 2. The number of aromatic nitrogens is 2. The molecule has 1 aliphatic heterocycles. The molecule has 0 amide bonds. The lowest BCUT2D eigenvalue weighted by molar-refractivity contribution is 0.367. The van der Waals surface area contributed by atoms with E-state index in [-0.39, 0.29) is 5.92 Å². The van der Waals surface area contributed by atoms with Crippen LogP contribution < -0.4 is 10.1 Å². The number of ether oxygens (including phenoxy) is 1. The Kier molecular flexibility index (Phi) is 4.15. The average Bonchev–Trinajstić information content (AvgIpc) is 2.80. The second-order valence-corrected chi connectivity index (χ2v) is 7.33. The van der Waals surface area contributed by atoms with Gasteiger partial charge in [0.05, 0.1) is 29.9 Å². The highest BCUT2D eigenvalue weighted by atomic mass is 32.2. The van der Waals surface area contributed by atoms with Gasteiger partial charge >= 0.3 is 0 Å². The van der Waals surface area contributed by atoms with Crippen LogP contribution in [-0.2, 0) is 23.4 Å². The molecule has 1 aliphatic rings. The van der Waals surface area contributed by atoms with Crippen molar-refractivity contribution in [3.8, 4) is 5.88 Å². The Labute approximate surface area is 114 Å². The molecule has 0 unspecified atom stereocenters. The smallest absolute Gasteiger partial charge is 0.216 e. The Morgan fingerprint density at radius 1 is 1.53 bits per heavy atom. The van der Waals surface area contributed by atoms with Gasteiger partial charge < -0.3 is 10.1 Å². The van der Waals surface area contributed by atoms with E-state index in [0.29, 0.717) is 18.1 Å². The first-order chi connectivity index (χ1) is 8.93. The molecule has 1 saturated heterocycles. The molecular formula is C12H21N3O3S. The normalized spacial score (nSPS) is 21.7. The van der Waals surface area contributed by atoms with Crippen LogP contribution in [0.4, 0.5) is 0 Å². The topological polar surface area (TPSA) is 73.2 Å². The summed E-state index contributed by atoms with van der Waals surface area (Å²) in [4.78, 5) is 0. The van der Waals surface area contributed by atoms with E-state index in [9.17, 15) is 8.42 Å². The summed E-state index contributed by atoms with van der Waals surface area (Å²) in [7, 11) is 0.686. The summed E-state index contributed by atoms with van der Waals surface area (Å²) in [5.74, 6) is 1.62. The molecule has 0 spiro atoms. The van der Waals surface area contributed by atoms with Crippen molar-refractivity contribution in [1.29, 1.82) is 0 Å². The van der Waals surface area contributed by atoms with Gasteiger partial charge in [-0.05, 0) is 25.8 Å². The molecule has 1 N–H and O–H groups in total. The lowest BCUT2D eigenvalue weighted by atomic mass is 10.1. The van der Waals surface area contributed by atoms with Gasteiger partial charge in [0.15, 0.2) is 9.84 Å². The number of methoxy groups -OCH3 is 1. The van der Waals surface area contributed by atoms with Crippen LogP contribution in [0.25, 0.3) is 0 Å². The largest absolute Gasteiger partial charge is 0.481 e. The standard InChI is InChI=1S/C12H21N3O3S/c1-9-11(12(18-3)15(2)14-9)7-13-6-10-4-5-19(16,17)8-10/h10,13H,4-8H2,1-3H3/t10-/m0/s1. The first kappa shape index (κ1) is 14.3. The zero-order valence-electron chi connectivity index (χ0n) is 11.6. The summed E-state index contributed by atoms with van der Waals surface area (Å²) in [6.07, 6.45) is 0.762. The van der Waals surface area contributed by atoms with Crippen LogP contribution in [0.2, 0.25) is 0 Å². The highest BCUT2D eigenvalue weighted by Gasteiger charge is 2.27. The van der Waals surface area contributed by atoms with E-state index in [0.717, 1.165) is 30.1 Å². The quantitative estimate of drug-likeness (QED) is 0.841. The van der Waals surface area contributed by atoms with Crippen LogP contribution in [0, 0.1) is 12.8 Å². The average molecular weight is 287 g/mol. The van der Waals surface area contributed by atoms with E-state index >= 15 is 0 Å². The van der Waals surface area contributed by atoms with E-state index < -0.39 is 9.84 Å². The second kappa shape index (κ2) is 5.50. The molecule has 1 aromatic rings. The van der Waals surface area contributed by atoms with Gasteiger partial charge in [-0.25, -0.2) is 13.1 Å². The number of rotatable bonds is 5. The molecule has 0 aliphatic carbocycles. The lowest BCUT2D eigenvalue weighted by Gasteiger charge is -2.10. The molecule has 0 radical (unpaired) electrons. The number of nitrogens with one attached hydrogen (secondary N) is 1. The van der Waals surface area contributed by atoms with Crippen LogP contribution in [0.15, 0.2) is 0 Å². The fraction of sp³-hybridized carbons (Fsp3) is 0.750. The second-order valence-electron chi connectivity index (χ2n) is 5.10. The molecule has 1 fully saturated rings. The number of aryl methyl sites for hydroxylation is 2.